The molecule has 0 amide bonds. The van der Waals surface area contributed by atoms with E-state index < -0.39 is 14.9 Å². The zero-order valence-electron chi connectivity index (χ0n) is 11.8. The highest BCUT2D eigenvalue weighted by Gasteiger charge is 2.26. The van der Waals surface area contributed by atoms with E-state index in [9.17, 15) is 18.5 Å². The number of anilines is 1. The average Bonchev–Trinajstić information content (AvgIpc) is 2.43. The van der Waals surface area contributed by atoms with Crippen molar-refractivity contribution in [3.05, 3.63) is 28.3 Å². The normalized spacial score (nSPS) is 11.6. The third-order valence-corrected chi connectivity index (χ3v) is 4.92. The fourth-order valence-electron chi connectivity index (χ4n) is 1.89. The number of benzene rings is 1. The predicted octanol–water partition coefficient (Wildman–Crippen LogP) is 2.06. The number of nitro benzene ring substituents is 1. The molecule has 0 aromatic heterocycles. The van der Waals surface area contributed by atoms with Crippen molar-refractivity contribution in [2.45, 2.75) is 25.2 Å². The van der Waals surface area contributed by atoms with E-state index in [0.29, 0.717) is 19.5 Å². The Morgan fingerprint density at radius 3 is 2.45 bits per heavy atom. The molecule has 1 aromatic rings. The minimum absolute atomic E-state index is 0.0564. The van der Waals surface area contributed by atoms with E-state index in [0.717, 1.165) is 0 Å². The molecule has 0 unspecified atom stereocenters. The lowest BCUT2D eigenvalue weighted by molar-refractivity contribution is -0.384. The van der Waals surface area contributed by atoms with Crippen LogP contribution in [0.1, 0.15) is 20.3 Å². The van der Waals surface area contributed by atoms with Gasteiger partial charge in [0.05, 0.1) is 10.6 Å². The number of hydrogen-bond acceptors (Lipinski definition) is 5. The van der Waals surface area contributed by atoms with Crippen LogP contribution in [-0.4, -0.2) is 37.8 Å². The molecule has 0 bridgehead atoms. The van der Waals surface area contributed by atoms with Gasteiger partial charge in [-0.15, -0.1) is 0 Å². The van der Waals surface area contributed by atoms with Gasteiger partial charge in [-0.3, -0.25) is 10.1 Å². The molecule has 1 aromatic carbocycles. The standard InChI is InChI=1S/C12H19N3O4S/c1-4-8-14(5-2)20(18,19)12-7-6-10(15(16)17)9-11(12)13-3/h6-7,9,13H,4-5,8H2,1-3H3. The van der Waals surface area contributed by atoms with Crippen LogP contribution in [0.3, 0.4) is 0 Å². The predicted molar refractivity (Wildman–Crippen MR) is 77.4 cm³/mol. The first kappa shape index (κ1) is 16.4. The fraction of sp³-hybridized carbons (Fsp3) is 0.500. The van der Waals surface area contributed by atoms with Crippen LogP contribution in [0.15, 0.2) is 23.1 Å². The molecule has 20 heavy (non-hydrogen) atoms. The molecule has 0 atom stereocenters. The van der Waals surface area contributed by atoms with Gasteiger partial charge in [0.2, 0.25) is 10.0 Å². The van der Waals surface area contributed by atoms with Crippen molar-refractivity contribution in [1.82, 2.24) is 4.31 Å². The molecule has 1 rings (SSSR count). The zero-order valence-corrected chi connectivity index (χ0v) is 12.6. The van der Waals surface area contributed by atoms with E-state index in [1.165, 1.54) is 29.6 Å². The van der Waals surface area contributed by atoms with Gasteiger partial charge in [0.1, 0.15) is 4.90 Å². The Kier molecular flexibility index (Phi) is 5.46. The molecule has 1 N–H and O–H groups in total. The van der Waals surface area contributed by atoms with Crippen molar-refractivity contribution in [2.75, 3.05) is 25.5 Å². The van der Waals surface area contributed by atoms with Crippen molar-refractivity contribution in [3.8, 4) is 0 Å². The average molecular weight is 301 g/mol. The molecule has 8 heteroatoms. The third kappa shape index (κ3) is 3.26. The lowest BCUT2D eigenvalue weighted by Gasteiger charge is -2.21. The van der Waals surface area contributed by atoms with Crippen molar-refractivity contribution >= 4 is 21.4 Å². The van der Waals surface area contributed by atoms with Crippen LogP contribution in [0.5, 0.6) is 0 Å². The van der Waals surface area contributed by atoms with Crippen LogP contribution in [0.4, 0.5) is 11.4 Å². The highest BCUT2D eigenvalue weighted by Crippen LogP contribution is 2.28. The zero-order chi connectivity index (χ0) is 15.3. The summed E-state index contributed by atoms with van der Waals surface area (Å²) in [4.78, 5) is 10.2. The molecule has 7 nitrogen and oxygen atoms in total. The Bertz CT molecular complexity index is 586. The van der Waals surface area contributed by atoms with Crippen LogP contribution >= 0.6 is 0 Å². The van der Waals surface area contributed by atoms with Gasteiger partial charge in [0, 0.05) is 32.3 Å². The minimum atomic E-state index is -3.65. The quantitative estimate of drug-likeness (QED) is 0.614. The number of nitro groups is 1. The molecule has 0 saturated heterocycles. The monoisotopic (exact) mass is 301 g/mol. The van der Waals surface area contributed by atoms with Crippen molar-refractivity contribution in [2.24, 2.45) is 0 Å². The van der Waals surface area contributed by atoms with Gasteiger partial charge < -0.3 is 5.32 Å². The summed E-state index contributed by atoms with van der Waals surface area (Å²) in [6.07, 6.45) is 0.703. The number of nitrogens with one attached hydrogen (secondary N) is 1. The molecule has 0 radical (unpaired) electrons. The number of hydrogen-bond donors (Lipinski definition) is 1. The molecule has 0 aliphatic rings. The summed E-state index contributed by atoms with van der Waals surface area (Å²) in [5.41, 5.74) is 0.0839. The second-order valence-electron chi connectivity index (χ2n) is 4.18. The summed E-state index contributed by atoms with van der Waals surface area (Å²) in [6.45, 7) is 4.43. The third-order valence-electron chi connectivity index (χ3n) is 2.89. The Morgan fingerprint density at radius 1 is 1.35 bits per heavy atom. The lowest BCUT2D eigenvalue weighted by Crippen LogP contribution is -2.32. The summed E-state index contributed by atoms with van der Waals surface area (Å²) in [6, 6.07) is 3.71. The van der Waals surface area contributed by atoms with Crippen molar-refractivity contribution in [3.63, 3.8) is 0 Å². The maximum atomic E-state index is 12.5. The van der Waals surface area contributed by atoms with Crippen LogP contribution in [0, 0.1) is 10.1 Å². The maximum absolute atomic E-state index is 12.5. The van der Waals surface area contributed by atoms with Gasteiger partial charge in [-0.25, -0.2) is 8.42 Å². The first-order valence-electron chi connectivity index (χ1n) is 6.34. The van der Waals surface area contributed by atoms with Gasteiger partial charge in [-0.05, 0) is 12.5 Å². The van der Waals surface area contributed by atoms with Gasteiger partial charge in [0.25, 0.3) is 5.69 Å². The van der Waals surface area contributed by atoms with E-state index >= 15 is 0 Å². The molecule has 0 heterocycles. The summed E-state index contributed by atoms with van der Waals surface area (Å²) >= 11 is 0. The van der Waals surface area contributed by atoms with Gasteiger partial charge >= 0.3 is 0 Å². The molecule has 0 aliphatic heterocycles. The first-order valence-corrected chi connectivity index (χ1v) is 7.78. The smallest absolute Gasteiger partial charge is 0.271 e. The van der Waals surface area contributed by atoms with Crippen LogP contribution < -0.4 is 5.32 Å². The van der Waals surface area contributed by atoms with Gasteiger partial charge in [-0.1, -0.05) is 13.8 Å². The largest absolute Gasteiger partial charge is 0.387 e. The first-order chi connectivity index (χ1) is 9.38. The van der Waals surface area contributed by atoms with E-state index in [4.69, 9.17) is 0 Å². The van der Waals surface area contributed by atoms with Crippen LogP contribution in [-0.2, 0) is 10.0 Å². The molecule has 0 fully saturated rings. The SMILES string of the molecule is CCCN(CC)S(=O)(=O)c1ccc([N+](=O)[O-])cc1NC. The lowest BCUT2D eigenvalue weighted by atomic mass is 10.3. The molecular formula is C12H19N3O4S. The Balaban J connectivity index is 3.34. The minimum Gasteiger partial charge on any atom is -0.387 e. The summed E-state index contributed by atoms with van der Waals surface area (Å²) in [5, 5.41) is 13.4. The summed E-state index contributed by atoms with van der Waals surface area (Å²) in [5.74, 6) is 0. The van der Waals surface area contributed by atoms with Gasteiger partial charge in [0.15, 0.2) is 0 Å². The molecule has 0 aliphatic carbocycles. The maximum Gasteiger partial charge on any atom is 0.271 e. The highest BCUT2D eigenvalue weighted by atomic mass is 32.2. The Labute approximate surface area is 118 Å². The second kappa shape index (κ2) is 6.67. The van der Waals surface area contributed by atoms with Gasteiger partial charge in [-0.2, -0.15) is 4.31 Å². The van der Waals surface area contributed by atoms with Crippen molar-refractivity contribution < 1.29 is 13.3 Å². The fourth-order valence-corrected chi connectivity index (χ4v) is 3.61. The Hall–Kier alpha value is -1.67. The number of rotatable bonds is 7. The highest BCUT2D eigenvalue weighted by molar-refractivity contribution is 7.89. The van der Waals surface area contributed by atoms with Crippen LogP contribution in [0.2, 0.25) is 0 Å². The van der Waals surface area contributed by atoms with E-state index in [1.807, 2.05) is 6.92 Å². The summed E-state index contributed by atoms with van der Waals surface area (Å²) in [7, 11) is -2.11. The molecular weight excluding hydrogens is 282 g/mol. The number of non-ortho nitro benzene ring substituents is 1. The molecule has 0 spiro atoms. The molecule has 0 saturated carbocycles. The molecule has 112 valence electrons. The van der Waals surface area contributed by atoms with E-state index in [-0.39, 0.29) is 16.3 Å². The second-order valence-corrected chi connectivity index (χ2v) is 6.09. The van der Waals surface area contributed by atoms with E-state index in [1.54, 1.807) is 6.92 Å². The summed E-state index contributed by atoms with van der Waals surface area (Å²) < 4.78 is 26.4. The van der Waals surface area contributed by atoms with E-state index in [2.05, 4.69) is 5.32 Å². The topological polar surface area (TPSA) is 92.5 Å². The van der Waals surface area contributed by atoms with Crippen LogP contribution in [0.25, 0.3) is 0 Å². The number of nitrogens with zero attached hydrogens (tertiary/aromatic N) is 2. The van der Waals surface area contributed by atoms with Crippen molar-refractivity contribution in [1.29, 1.82) is 0 Å². The number of sulfonamides is 1. The Morgan fingerprint density at radius 2 is 2.00 bits per heavy atom.